The minimum Gasteiger partial charge on any atom is -0.493 e. The zero-order valence-electron chi connectivity index (χ0n) is 38.8. The number of hydrogen-bond acceptors (Lipinski definition) is 10. The second-order valence-corrected chi connectivity index (χ2v) is 17.2. The zero-order chi connectivity index (χ0) is 45.3. The van der Waals surface area contributed by atoms with Crippen LogP contribution in [0.4, 0.5) is 0 Å². The van der Waals surface area contributed by atoms with Crippen LogP contribution in [0.3, 0.4) is 0 Å². The van der Waals surface area contributed by atoms with E-state index in [1.165, 1.54) is 33.4 Å². The van der Waals surface area contributed by atoms with E-state index in [1.54, 1.807) is 42.7 Å². The van der Waals surface area contributed by atoms with Gasteiger partial charge in [0, 0.05) is 60.9 Å². The molecule has 2 aliphatic rings. The van der Waals surface area contributed by atoms with Crippen molar-refractivity contribution >= 4 is 11.9 Å². The molecule has 12 nitrogen and oxygen atoms in total. The molecule has 338 valence electrons. The molecular weight excluding hydrogens is 801 g/mol. The van der Waals surface area contributed by atoms with E-state index in [-0.39, 0.29) is 25.3 Å². The minimum absolute atomic E-state index is 0.0598. The first-order chi connectivity index (χ1) is 30.3. The van der Waals surface area contributed by atoms with E-state index in [1.807, 2.05) is 18.2 Å². The van der Waals surface area contributed by atoms with E-state index in [4.69, 9.17) is 37.9 Å². The number of quaternary nitrogens is 2. The number of hydrogen-bond donors (Lipinski definition) is 0. The van der Waals surface area contributed by atoms with Gasteiger partial charge in [0.05, 0.1) is 96.1 Å². The summed E-state index contributed by atoms with van der Waals surface area (Å²) in [6.07, 6.45) is 6.16. The van der Waals surface area contributed by atoms with Crippen molar-refractivity contribution in [2.24, 2.45) is 0 Å². The van der Waals surface area contributed by atoms with Crippen molar-refractivity contribution in [3.05, 3.63) is 117 Å². The Morgan fingerprint density at radius 2 is 1.06 bits per heavy atom. The van der Waals surface area contributed by atoms with Gasteiger partial charge in [-0.05, 0) is 90.2 Å². The largest absolute Gasteiger partial charge is 0.493 e. The summed E-state index contributed by atoms with van der Waals surface area (Å²) in [4.78, 5) is 25.6. The third-order valence-corrected chi connectivity index (χ3v) is 13.3. The molecule has 4 aromatic carbocycles. The van der Waals surface area contributed by atoms with Crippen LogP contribution in [0, 0.1) is 13.8 Å². The van der Waals surface area contributed by atoms with Crippen molar-refractivity contribution in [3.8, 4) is 34.5 Å². The Hall–Kier alpha value is -5.72. The fourth-order valence-electron chi connectivity index (χ4n) is 9.60. The molecule has 4 atom stereocenters. The molecule has 12 heteroatoms. The van der Waals surface area contributed by atoms with Crippen LogP contribution in [0.25, 0.3) is 0 Å². The first-order valence-electron chi connectivity index (χ1n) is 21.8. The summed E-state index contributed by atoms with van der Waals surface area (Å²) in [6, 6.07) is 21.2. The Labute approximate surface area is 373 Å². The summed E-state index contributed by atoms with van der Waals surface area (Å²) in [7, 11) is 14.4. The number of carbonyl (C=O) groups excluding carboxylic acids is 2. The molecule has 4 aromatic rings. The molecule has 63 heavy (non-hydrogen) atoms. The van der Waals surface area contributed by atoms with Gasteiger partial charge >= 0.3 is 11.9 Å². The summed E-state index contributed by atoms with van der Waals surface area (Å²) in [5, 5.41) is 0. The molecule has 0 fully saturated rings. The van der Waals surface area contributed by atoms with Crippen molar-refractivity contribution in [3.63, 3.8) is 0 Å². The van der Waals surface area contributed by atoms with Crippen LogP contribution in [0.1, 0.15) is 69.4 Å². The average molecular weight is 867 g/mol. The van der Waals surface area contributed by atoms with Crippen molar-refractivity contribution < 1.29 is 56.5 Å². The van der Waals surface area contributed by atoms with Crippen molar-refractivity contribution in [1.29, 1.82) is 0 Å². The average Bonchev–Trinajstić information content (AvgIpc) is 3.29. The van der Waals surface area contributed by atoms with Gasteiger partial charge < -0.3 is 46.9 Å². The summed E-state index contributed by atoms with van der Waals surface area (Å²) < 4.78 is 46.4. The van der Waals surface area contributed by atoms with Gasteiger partial charge in [-0.3, -0.25) is 0 Å². The van der Waals surface area contributed by atoms with Crippen LogP contribution in [0.5, 0.6) is 34.5 Å². The van der Waals surface area contributed by atoms with Crippen LogP contribution < -0.4 is 28.4 Å². The van der Waals surface area contributed by atoms with E-state index < -0.39 is 11.9 Å². The Morgan fingerprint density at radius 3 is 1.67 bits per heavy atom. The van der Waals surface area contributed by atoms with Crippen LogP contribution in [-0.2, 0) is 38.3 Å². The predicted molar refractivity (Wildman–Crippen MR) is 242 cm³/mol. The van der Waals surface area contributed by atoms with Crippen molar-refractivity contribution in [2.45, 2.75) is 58.0 Å². The number of aryl methyl sites for hydroxylation is 2. The highest BCUT2D eigenvalue weighted by atomic mass is 16.5. The lowest BCUT2D eigenvalue weighted by atomic mass is 9.84. The molecule has 0 saturated heterocycles. The molecule has 0 aromatic heterocycles. The number of nitrogens with zero attached hydrogens (tertiary/aromatic N) is 2. The third kappa shape index (κ3) is 10.6. The van der Waals surface area contributed by atoms with Gasteiger partial charge in [-0.2, -0.15) is 0 Å². The maximum Gasteiger partial charge on any atom is 0.331 e. The SMILES string of the molecule is COc1ccc(CC2c3cc(OC)c(OC)cc3CC[N+]2(C)CCCOC(=O)/C=C\C(=O)OCCC[N+]2(C)CCc3cc(C)c(C)cc3C2c2ccc(OC)c(OC)c2)cc1OC. The smallest absolute Gasteiger partial charge is 0.331 e. The molecule has 4 unspecified atom stereocenters. The van der Waals surface area contributed by atoms with Crippen LogP contribution in [0.15, 0.2) is 72.8 Å². The standard InChI is InChI=1S/C51H66N2O10/c1-34-27-37-20-24-53(4,51(41(37)28-35(34)2)39-14-16-44(57-6)46(32-39)59-8)22-12-26-63-50(55)18-17-49(54)62-25-11-21-52(3)23-19-38-31-47(60-9)48(61-10)33-40(38)42(52)29-36-13-15-43(56-5)45(30-36)58-7/h13-18,27-28,30-33,42,51H,11-12,19-26,29H2,1-10H3/q+2/b18-17-. The molecule has 0 N–H and O–H groups in total. The fourth-order valence-corrected chi connectivity index (χ4v) is 9.60. The second-order valence-electron chi connectivity index (χ2n) is 17.2. The van der Waals surface area contributed by atoms with Gasteiger partial charge in [0.1, 0.15) is 12.1 Å². The van der Waals surface area contributed by atoms with E-state index in [0.717, 1.165) is 77.7 Å². The van der Waals surface area contributed by atoms with Crippen molar-refractivity contribution in [2.75, 3.05) is 96.1 Å². The topological polar surface area (TPSA) is 108 Å². The summed E-state index contributed by atoms with van der Waals surface area (Å²) in [5.41, 5.74) is 9.92. The normalized spacial score (nSPS) is 20.3. The van der Waals surface area contributed by atoms with Gasteiger partial charge in [0.15, 0.2) is 34.5 Å². The number of esters is 2. The van der Waals surface area contributed by atoms with Gasteiger partial charge in [-0.25, -0.2) is 9.59 Å². The lowest BCUT2D eigenvalue weighted by Gasteiger charge is -2.46. The molecule has 0 radical (unpaired) electrons. The van der Waals surface area contributed by atoms with Gasteiger partial charge in [0.25, 0.3) is 0 Å². The van der Waals surface area contributed by atoms with Crippen LogP contribution in [-0.4, -0.2) is 117 Å². The number of carbonyl (C=O) groups is 2. The highest BCUT2D eigenvalue weighted by Gasteiger charge is 2.42. The zero-order valence-corrected chi connectivity index (χ0v) is 38.8. The lowest BCUT2D eigenvalue weighted by Crippen LogP contribution is -2.52. The molecule has 0 bridgehead atoms. The molecule has 0 spiro atoms. The summed E-state index contributed by atoms with van der Waals surface area (Å²) in [5.74, 6) is 3.00. The maximum absolute atomic E-state index is 12.8. The number of fused-ring (bicyclic) bond motifs is 2. The van der Waals surface area contributed by atoms with E-state index in [9.17, 15) is 9.59 Å². The molecule has 0 aliphatic carbocycles. The van der Waals surface area contributed by atoms with E-state index in [0.29, 0.717) is 47.3 Å². The quantitative estimate of drug-likeness (QED) is 0.0401. The van der Waals surface area contributed by atoms with Gasteiger partial charge in [-0.1, -0.05) is 12.1 Å². The first-order valence-corrected chi connectivity index (χ1v) is 21.8. The number of methoxy groups -OCH3 is 6. The summed E-state index contributed by atoms with van der Waals surface area (Å²) >= 11 is 0. The molecule has 2 aliphatic heterocycles. The predicted octanol–water partition coefficient (Wildman–Crippen LogP) is 7.86. The monoisotopic (exact) mass is 866 g/mol. The number of rotatable bonds is 19. The van der Waals surface area contributed by atoms with E-state index >= 15 is 0 Å². The summed E-state index contributed by atoms with van der Waals surface area (Å²) in [6.45, 7) is 8.14. The lowest BCUT2D eigenvalue weighted by molar-refractivity contribution is -0.941. The number of likely N-dealkylation sites (N-methyl/N-ethyl adjacent to an activating group) is 2. The third-order valence-electron chi connectivity index (χ3n) is 13.3. The Bertz CT molecular complexity index is 2290. The first kappa shape index (κ1) is 46.8. The Morgan fingerprint density at radius 1 is 0.571 bits per heavy atom. The molecule has 0 amide bonds. The van der Waals surface area contributed by atoms with Gasteiger partial charge in [-0.15, -0.1) is 0 Å². The minimum atomic E-state index is -0.578. The second kappa shape index (κ2) is 20.6. The van der Waals surface area contributed by atoms with Crippen LogP contribution >= 0.6 is 0 Å². The van der Waals surface area contributed by atoms with Crippen molar-refractivity contribution in [1.82, 2.24) is 0 Å². The Kier molecular flexibility index (Phi) is 15.3. The number of ether oxygens (including phenoxy) is 8. The van der Waals surface area contributed by atoms with E-state index in [2.05, 4.69) is 70.4 Å². The van der Waals surface area contributed by atoms with Gasteiger partial charge in [0.2, 0.25) is 0 Å². The molecular formula is C51H66N2O10+2. The highest BCUT2D eigenvalue weighted by Crippen LogP contribution is 2.45. The van der Waals surface area contributed by atoms with Crippen LogP contribution in [0.2, 0.25) is 0 Å². The molecule has 2 heterocycles. The fraction of sp³-hybridized carbons (Fsp3) is 0.451. The maximum atomic E-state index is 12.8. The molecule has 0 saturated carbocycles. The Balaban J connectivity index is 1.04. The number of benzene rings is 4. The highest BCUT2D eigenvalue weighted by molar-refractivity contribution is 5.91. The molecule has 6 rings (SSSR count).